The summed E-state index contributed by atoms with van der Waals surface area (Å²) in [6.45, 7) is -1.98. The summed E-state index contributed by atoms with van der Waals surface area (Å²) in [5, 5.41) is 10.8. The van der Waals surface area contributed by atoms with Crippen LogP contribution in [-0.2, 0) is 0 Å². The number of fused-ring (bicyclic) bond motifs is 1. The number of rotatable bonds is 2. The molecule has 5 nitrogen and oxygen atoms in total. The van der Waals surface area contributed by atoms with E-state index in [1.165, 1.54) is 12.1 Å². The fourth-order valence-corrected chi connectivity index (χ4v) is 2.17. The number of anilines is 1. The van der Waals surface area contributed by atoms with Gasteiger partial charge in [0.15, 0.2) is 5.75 Å². The van der Waals surface area contributed by atoms with Crippen LogP contribution in [0.5, 0.6) is 5.75 Å². The monoisotopic (exact) mass is 330 g/mol. The first kappa shape index (κ1) is 16.2. The summed E-state index contributed by atoms with van der Waals surface area (Å²) < 4.78 is 81.7. The molecule has 0 saturated heterocycles. The van der Waals surface area contributed by atoms with Crippen LogP contribution in [0.25, 0.3) is 0 Å². The van der Waals surface area contributed by atoms with Crippen molar-refractivity contribution in [3.63, 3.8) is 0 Å². The van der Waals surface area contributed by atoms with Crippen LogP contribution in [0.3, 0.4) is 0 Å². The van der Waals surface area contributed by atoms with Crippen molar-refractivity contribution in [2.45, 2.75) is 24.6 Å². The highest BCUT2D eigenvalue weighted by molar-refractivity contribution is 5.61. The van der Waals surface area contributed by atoms with E-state index in [9.17, 15) is 36.5 Å². The van der Waals surface area contributed by atoms with Crippen LogP contribution in [0.15, 0.2) is 24.3 Å². The average molecular weight is 330 g/mol. The molecule has 0 amide bonds. The fraction of sp³-hybridized carbons (Fsp3) is 0.455. The van der Waals surface area contributed by atoms with E-state index in [1.807, 2.05) is 0 Å². The molecule has 2 rings (SSSR count). The van der Waals surface area contributed by atoms with Gasteiger partial charge in [-0.25, -0.2) is 0 Å². The molecule has 0 N–H and O–H groups in total. The van der Waals surface area contributed by atoms with Crippen molar-refractivity contribution < 1.29 is 36.0 Å². The van der Waals surface area contributed by atoms with E-state index >= 15 is 0 Å². The van der Waals surface area contributed by atoms with Crippen LogP contribution in [-0.4, -0.2) is 36.1 Å². The van der Waals surface area contributed by atoms with Crippen LogP contribution >= 0.6 is 0 Å². The summed E-state index contributed by atoms with van der Waals surface area (Å²) in [6.07, 6.45) is -12.9. The van der Waals surface area contributed by atoms with E-state index in [1.54, 1.807) is 0 Å². The lowest BCUT2D eigenvalue weighted by Crippen LogP contribution is -2.61. The van der Waals surface area contributed by atoms with Gasteiger partial charge in [-0.1, -0.05) is 12.1 Å². The standard InChI is InChI=1S/C11H8F6N2O3/c12-10(13,14)5-18-6-3-1-2-4-7(6)22-9(19(20)21)8(18)11(15,16)17/h1-4,8-9H,5H2. The van der Waals surface area contributed by atoms with Gasteiger partial charge in [0.05, 0.1) is 10.6 Å². The van der Waals surface area contributed by atoms with Crippen LogP contribution in [0.1, 0.15) is 0 Å². The Kier molecular flexibility index (Phi) is 3.83. The zero-order valence-corrected chi connectivity index (χ0v) is 10.6. The number of hydrogen-bond acceptors (Lipinski definition) is 4. The minimum Gasteiger partial charge on any atom is -0.426 e. The van der Waals surface area contributed by atoms with E-state index in [4.69, 9.17) is 0 Å². The van der Waals surface area contributed by atoms with E-state index < -0.39 is 47.5 Å². The molecule has 1 aliphatic heterocycles. The molecule has 0 bridgehead atoms. The number of benzene rings is 1. The first-order valence-corrected chi connectivity index (χ1v) is 5.80. The Morgan fingerprint density at radius 1 is 1.18 bits per heavy atom. The molecule has 0 aliphatic carbocycles. The zero-order chi connectivity index (χ0) is 16.7. The van der Waals surface area contributed by atoms with Crippen molar-refractivity contribution in [3.8, 4) is 5.75 Å². The normalized spacial score (nSPS) is 22.0. The van der Waals surface area contributed by atoms with E-state index in [2.05, 4.69) is 4.74 Å². The second-order valence-corrected chi connectivity index (χ2v) is 4.49. The van der Waals surface area contributed by atoms with Crippen molar-refractivity contribution in [2.75, 3.05) is 11.4 Å². The molecule has 122 valence electrons. The smallest absolute Gasteiger partial charge is 0.419 e. The van der Waals surface area contributed by atoms with E-state index in [0.29, 0.717) is 0 Å². The highest BCUT2D eigenvalue weighted by Crippen LogP contribution is 2.42. The molecule has 0 fully saturated rings. The Morgan fingerprint density at radius 2 is 1.77 bits per heavy atom. The maximum absolute atomic E-state index is 13.1. The number of halogens is 6. The molecule has 0 saturated carbocycles. The van der Waals surface area contributed by atoms with Gasteiger partial charge in [-0.05, 0) is 12.1 Å². The predicted octanol–water partition coefficient (Wildman–Crippen LogP) is 2.98. The van der Waals surface area contributed by atoms with Crippen molar-refractivity contribution in [1.82, 2.24) is 0 Å². The van der Waals surface area contributed by atoms with Crippen LogP contribution in [0.2, 0.25) is 0 Å². The third-order valence-electron chi connectivity index (χ3n) is 2.92. The average Bonchev–Trinajstić information content (AvgIpc) is 2.34. The molecule has 1 aromatic carbocycles. The summed E-state index contributed by atoms with van der Waals surface area (Å²) in [5.74, 6) is -0.408. The molecule has 0 spiro atoms. The van der Waals surface area contributed by atoms with Gasteiger partial charge in [-0.3, -0.25) is 10.1 Å². The van der Waals surface area contributed by atoms with Crippen molar-refractivity contribution in [3.05, 3.63) is 34.4 Å². The lowest BCUT2D eigenvalue weighted by molar-refractivity contribution is -0.574. The first-order valence-electron chi connectivity index (χ1n) is 5.80. The van der Waals surface area contributed by atoms with Crippen molar-refractivity contribution in [2.24, 2.45) is 0 Å². The molecule has 2 atom stereocenters. The molecular formula is C11H8F6N2O3. The SMILES string of the molecule is O=[N+]([O-])C1Oc2ccccc2N(CC(F)(F)F)C1C(F)(F)F. The Balaban J connectivity index is 2.57. The molecule has 22 heavy (non-hydrogen) atoms. The molecule has 1 heterocycles. The third-order valence-corrected chi connectivity index (χ3v) is 2.92. The maximum atomic E-state index is 13.1. The Bertz CT molecular complexity index is 574. The maximum Gasteiger partial charge on any atom is 0.419 e. The number of alkyl halides is 6. The van der Waals surface area contributed by atoms with Crippen molar-refractivity contribution >= 4 is 5.69 Å². The van der Waals surface area contributed by atoms with E-state index in [-0.39, 0.29) is 4.90 Å². The molecule has 1 aromatic rings. The minimum atomic E-state index is -5.28. The molecule has 11 heteroatoms. The van der Waals surface area contributed by atoms with Crippen LogP contribution in [0, 0.1) is 10.1 Å². The molecule has 1 aliphatic rings. The highest BCUT2D eigenvalue weighted by atomic mass is 19.4. The van der Waals surface area contributed by atoms with Crippen LogP contribution < -0.4 is 9.64 Å². The van der Waals surface area contributed by atoms with Gasteiger partial charge in [0, 0.05) is 0 Å². The topological polar surface area (TPSA) is 55.6 Å². The Morgan fingerprint density at radius 3 is 2.27 bits per heavy atom. The van der Waals surface area contributed by atoms with Crippen molar-refractivity contribution in [1.29, 1.82) is 0 Å². The second-order valence-electron chi connectivity index (χ2n) is 4.49. The van der Waals surface area contributed by atoms with E-state index in [0.717, 1.165) is 12.1 Å². The molecule has 2 unspecified atom stereocenters. The van der Waals surface area contributed by atoms with Gasteiger partial charge in [-0.2, -0.15) is 26.3 Å². The number of nitro groups is 1. The molecular weight excluding hydrogens is 322 g/mol. The Hall–Kier alpha value is -2.20. The van der Waals surface area contributed by atoms with Gasteiger partial charge in [0.25, 0.3) is 0 Å². The molecule has 0 radical (unpaired) electrons. The number of ether oxygens (including phenoxy) is 1. The minimum absolute atomic E-state index is 0.0910. The van der Waals surface area contributed by atoms with Gasteiger partial charge >= 0.3 is 18.6 Å². The largest absolute Gasteiger partial charge is 0.426 e. The van der Waals surface area contributed by atoms with Gasteiger partial charge < -0.3 is 9.64 Å². The van der Waals surface area contributed by atoms with Crippen LogP contribution in [0.4, 0.5) is 32.0 Å². The lowest BCUT2D eigenvalue weighted by atomic mass is 10.1. The predicted molar refractivity (Wildman–Crippen MR) is 61.1 cm³/mol. The summed E-state index contributed by atoms with van der Waals surface area (Å²) in [4.78, 5) is 9.32. The molecule has 0 aromatic heterocycles. The summed E-state index contributed by atoms with van der Waals surface area (Å²) in [7, 11) is 0. The zero-order valence-electron chi connectivity index (χ0n) is 10.6. The number of nitrogens with zero attached hydrogens (tertiary/aromatic N) is 2. The quantitative estimate of drug-likeness (QED) is 0.475. The van der Waals surface area contributed by atoms with Gasteiger partial charge in [-0.15, -0.1) is 0 Å². The third kappa shape index (κ3) is 3.17. The summed E-state index contributed by atoms with van der Waals surface area (Å²) in [5.41, 5.74) is -0.500. The fourth-order valence-electron chi connectivity index (χ4n) is 2.17. The Labute approximate surface area is 119 Å². The van der Waals surface area contributed by atoms with Gasteiger partial charge in [0.2, 0.25) is 6.04 Å². The number of hydrogen-bond donors (Lipinski definition) is 0. The summed E-state index contributed by atoms with van der Waals surface area (Å²) >= 11 is 0. The summed E-state index contributed by atoms with van der Waals surface area (Å²) in [6, 6.07) is 1.51. The lowest BCUT2D eigenvalue weighted by Gasteiger charge is -2.40. The first-order chi connectivity index (χ1) is 10.0. The second kappa shape index (κ2) is 5.21. The van der Waals surface area contributed by atoms with Gasteiger partial charge in [0.1, 0.15) is 6.54 Å². The number of para-hydroxylation sites is 2. The highest BCUT2D eigenvalue weighted by Gasteiger charge is 2.60.